The fourth-order valence-corrected chi connectivity index (χ4v) is 2.63. The molecule has 0 unspecified atom stereocenters. The third-order valence-electron chi connectivity index (χ3n) is 3.74. The first-order valence-corrected chi connectivity index (χ1v) is 8.16. The third kappa shape index (κ3) is 3.45. The minimum atomic E-state index is 0.381. The molecule has 3 aromatic rings. The molecule has 0 radical (unpaired) electrons. The second-order valence-electron chi connectivity index (χ2n) is 5.22. The number of aromatic amines is 1. The summed E-state index contributed by atoms with van der Waals surface area (Å²) in [6.45, 7) is 0. The van der Waals surface area contributed by atoms with Crippen molar-refractivity contribution in [3.05, 3.63) is 52.8 Å². The molecule has 26 heavy (non-hydrogen) atoms. The van der Waals surface area contributed by atoms with Crippen molar-refractivity contribution in [3.8, 4) is 28.6 Å². The second-order valence-corrected chi connectivity index (χ2v) is 5.61. The Labute approximate surface area is 155 Å². The number of rotatable bonds is 6. The molecule has 0 bridgehead atoms. The van der Waals surface area contributed by atoms with E-state index in [1.54, 1.807) is 44.4 Å². The van der Waals surface area contributed by atoms with E-state index < -0.39 is 0 Å². The summed E-state index contributed by atoms with van der Waals surface area (Å²) < 4.78 is 18.1. The van der Waals surface area contributed by atoms with Gasteiger partial charge in [0.05, 0.1) is 33.1 Å². The molecule has 1 N–H and O–H groups in total. The predicted octanol–water partition coefficient (Wildman–Crippen LogP) is 3.52. The lowest BCUT2D eigenvalue weighted by molar-refractivity contribution is 0.374. The Hall–Kier alpha value is -3.13. The van der Waals surface area contributed by atoms with Gasteiger partial charge >= 0.3 is 0 Å². The van der Waals surface area contributed by atoms with Crippen molar-refractivity contribution in [2.24, 2.45) is 5.10 Å². The van der Waals surface area contributed by atoms with Crippen LogP contribution in [-0.4, -0.2) is 42.4 Å². The number of aromatic nitrogens is 3. The lowest BCUT2D eigenvalue weighted by Gasteiger charge is -2.12. The van der Waals surface area contributed by atoms with Crippen molar-refractivity contribution in [1.29, 1.82) is 0 Å². The van der Waals surface area contributed by atoms with E-state index in [4.69, 9.17) is 26.4 Å². The van der Waals surface area contributed by atoms with Crippen molar-refractivity contribution in [3.63, 3.8) is 0 Å². The quantitative estimate of drug-likeness (QED) is 0.531. The summed E-state index contributed by atoms with van der Waals surface area (Å²) in [4.78, 5) is 0. The van der Waals surface area contributed by atoms with Crippen LogP contribution in [0.5, 0.6) is 17.2 Å². The van der Waals surface area contributed by atoms with Crippen LogP contribution in [0, 0.1) is 4.77 Å². The minimum Gasteiger partial charge on any atom is -0.496 e. The van der Waals surface area contributed by atoms with Gasteiger partial charge in [-0.05, 0) is 12.2 Å². The van der Waals surface area contributed by atoms with Crippen LogP contribution in [0.4, 0.5) is 0 Å². The van der Waals surface area contributed by atoms with Gasteiger partial charge in [-0.2, -0.15) is 14.9 Å². The molecule has 7 nitrogen and oxygen atoms in total. The van der Waals surface area contributed by atoms with E-state index in [0.717, 1.165) is 5.56 Å². The topological polar surface area (TPSA) is 73.7 Å². The maximum Gasteiger partial charge on any atom is 0.216 e. The molecule has 2 aromatic carbocycles. The first kappa shape index (κ1) is 17.7. The van der Waals surface area contributed by atoms with E-state index in [1.165, 1.54) is 0 Å². The van der Waals surface area contributed by atoms with Gasteiger partial charge in [0.1, 0.15) is 17.2 Å². The van der Waals surface area contributed by atoms with Crippen molar-refractivity contribution >= 4 is 18.4 Å². The molecule has 0 amide bonds. The summed E-state index contributed by atoms with van der Waals surface area (Å²) in [5, 5.41) is 11.5. The number of nitrogens with zero attached hydrogens (tertiary/aromatic N) is 3. The molecule has 0 spiro atoms. The highest BCUT2D eigenvalue weighted by Crippen LogP contribution is 2.32. The second kappa shape index (κ2) is 7.83. The highest BCUT2D eigenvalue weighted by Gasteiger charge is 2.13. The average molecular weight is 370 g/mol. The molecular weight excluding hydrogens is 352 g/mol. The molecule has 0 aliphatic heterocycles. The zero-order chi connectivity index (χ0) is 18.5. The van der Waals surface area contributed by atoms with Gasteiger partial charge < -0.3 is 14.2 Å². The number of methoxy groups -OCH3 is 3. The Bertz CT molecular complexity index is 955. The number of nitrogens with one attached hydrogen (secondary N) is 1. The average Bonchev–Trinajstić information content (AvgIpc) is 3.06. The van der Waals surface area contributed by atoms with Crippen LogP contribution in [0.1, 0.15) is 5.56 Å². The summed E-state index contributed by atoms with van der Waals surface area (Å²) in [6.07, 6.45) is 1.62. The Morgan fingerprint density at radius 3 is 2.27 bits per heavy atom. The van der Waals surface area contributed by atoms with Crippen LogP contribution in [0.3, 0.4) is 0 Å². The summed E-state index contributed by atoms with van der Waals surface area (Å²) >= 11 is 5.30. The fourth-order valence-electron chi connectivity index (χ4n) is 2.45. The van der Waals surface area contributed by atoms with E-state index in [2.05, 4.69) is 15.3 Å². The van der Waals surface area contributed by atoms with Crippen molar-refractivity contribution < 1.29 is 14.2 Å². The molecule has 0 saturated heterocycles. The molecule has 0 aliphatic rings. The van der Waals surface area contributed by atoms with E-state index >= 15 is 0 Å². The van der Waals surface area contributed by atoms with E-state index in [-0.39, 0.29) is 0 Å². The molecule has 1 heterocycles. The highest BCUT2D eigenvalue weighted by atomic mass is 32.1. The van der Waals surface area contributed by atoms with Crippen LogP contribution in [0.25, 0.3) is 11.4 Å². The normalized spacial score (nSPS) is 10.9. The van der Waals surface area contributed by atoms with Gasteiger partial charge in [-0.25, -0.2) is 5.10 Å². The lowest BCUT2D eigenvalue weighted by Crippen LogP contribution is -2.00. The van der Waals surface area contributed by atoms with Crippen LogP contribution < -0.4 is 14.2 Å². The summed E-state index contributed by atoms with van der Waals surface area (Å²) in [5.41, 5.74) is 1.56. The molecule has 0 aliphatic carbocycles. The molecule has 0 atom stereocenters. The maximum atomic E-state index is 5.44. The van der Waals surface area contributed by atoms with Gasteiger partial charge in [0, 0.05) is 17.7 Å². The number of hydrogen-bond donors (Lipinski definition) is 1. The van der Waals surface area contributed by atoms with Gasteiger partial charge in [-0.3, -0.25) is 0 Å². The van der Waals surface area contributed by atoms with Crippen molar-refractivity contribution in [2.45, 2.75) is 0 Å². The molecule has 0 saturated carbocycles. The molecular formula is C18H18N4O3S. The Kier molecular flexibility index (Phi) is 5.33. The summed E-state index contributed by atoms with van der Waals surface area (Å²) in [5.74, 6) is 2.38. The van der Waals surface area contributed by atoms with Crippen molar-refractivity contribution in [2.75, 3.05) is 21.3 Å². The zero-order valence-electron chi connectivity index (χ0n) is 14.6. The van der Waals surface area contributed by atoms with E-state index in [0.29, 0.717) is 33.4 Å². The van der Waals surface area contributed by atoms with Crippen molar-refractivity contribution in [1.82, 2.24) is 14.9 Å². The number of ether oxygens (including phenoxy) is 3. The van der Waals surface area contributed by atoms with Crippen LogP contribution >= 0.6 is 12.2 Å². The van der Waals surface area contributed by atoms with Crippen LogP contribution in [0.15, 0.2) is 47.6 Å². The molecule has 3 rings (SSSR count). The van der Waals surface area contributed by atoms with E-state index in [9.17, 15) is 0 Å². The minimum absolute atomic E-state index is 0.381. The third-order valence-corrected chi connectivity index (χ3v) is 4.00. The standard InChI is InChI=1S/C18H18N4O3S/c1-23-13-9-15(24-2)14(16(10-13)25-3)11-19-22-17(20-21-18(22)26)12-7-5-4-6-8-12/h4-11H,1-3H3,(H,21,26). The molecule has 134 valence electrons. The fraction of sp³-hybridized carbons (Fsp3) is 0.167. The molecule has 8 heteroatoms. The Morgan fingerprint density at radius 2 is 1.69 bits per heavy atom. The molecule has 0 fully saturated rings. The van der Waals surface area contributed by atoms with Gasteiger partial charge in [-0.1, -0.05) is 30.3 Å². The Balaban J connectivity index is 2.07. The first-order valence-electron chi connectivity index (χ1n) is 7.75. The Morgan fingerprint density at radius 1 is 1.04 bits per heavy atom. The highest BCUT2D eigenvalue weighted by molar-refractivity contribution is 7.71. The van der Waals surface area contributed by atoms with Gasteiger partial charge in [-0.15, -0.1) is 0 Å². The van der Waals surface area contributed by atoms with Gasteiger partial charge in [0.15, 0.2) is 5.82 Å². The van der Waals surface area contributed by atoms with Crippen LogP contribution in [-0.2, 0) is 0 Å². The summed E-state index contributed by atoms with van der Waals surface area (Å²) in [7, 11) is 4.73. The lowest BCUT2D eigenvalue weighted by atomic mass is 10.2. The van der Waals surface area contributed by atoms with Crippen LogP contribution in [0.2, 0.25) is 0 Å². The van der Waals surface area contributed by atoms with E-state index in [1.807, 2.05) is 30.3 Å². The van der Waals surface area contributed by atoms with Gasteiger partial charge in [0.25, 0.3) is 0 Å². The number of hydrogen-bond acceptors (Lipinski definition) is 6. The monoisotopic (exact) mass is 370 g/mol. The predicted molar refractivity (Wildman–Crippen MR) is 102 cm³/mol. The number of H-pyrrole nitrogens is 1. The van der Waals surface area contributed by atoms with Gasteiger partial charge in [0.2, 0.25) is 4.77 Å². The number of benzene rings is 2. The maximum absolute atomic E-state index is 5.44. The molecule has 1 aromatic heterocycles. The zero-order valence-corrected chi connectivity index (χ0v) is 15.4. The summed E-state index contributed by atoms with van der Waals surface area (Å²) in [6, 6.07) is 13.2. The SMILES string of the molecule is COc1cc(OC)c(C=Nn2c(-c3ccccc3)n[nH]c2=S)c(OC)c1. The largest absolute Gasteiger partial charge is 0.496 e. The smallest absolute Gasteiger partial charge is 0.216 e. The first-order chi connectivity index (χ1) is 12.7.